The zero-order valence-electron chi connectivity index (χ0n) is 11.7. The predicted octanol–water partition coefficient (Wildman–Crippen LogP) is 0.494. The van der Waals surface area contributed by atoms with Gasteiger partial charge in [-0.25, -0.2) is 0 Å². The summed E-state index contributed by atoms with van der Waals surface area (Å²) in [7, 11) is 3.74. The van der Waals surface area contributed by atoms with Crippen LogP contribution in [0.2, 0.25) is 0 Å². The Morgan fingerprint density at radius 1 is 1.37 bits per heavy atom. The van der Waals surface area contributed by atoms with Crippen molar-refractivity contribution in [3.63, 3.8) is 0 Å². The molecule has 0 radical (unpaired) electrons. The van der Waals surface area contributed by atoms with E-state index in [1.54, 1.807) is 19.1 Å². The second kappa shape index (κ2) is 7.11. The van der Waals surface area contributed by atoms with Crippen molar-refractivity contribution in [1.82, 2.24) is 10.2 Å². The first kappa shape index (κ1) is 15.5. The molecule has 1 atom stereocenters. The molecule has 5 nitrogen and oxygen atoms in total. The quantitative estimate of drug-likeness (QED) is 0.754. The molecule has 19 heavy (non-hydrogen) atoms. The van der Waals surface area contributed by atoms with Crippen LogP contribution in [0.3, 0.4) is 0 Å². The molecule has 0 aromatic heterocycles. The minimum atomic E-state index is -0.952. The van der Waals surface area contributed by atoms with E-state index in [2.05, 4.69) is 5.32 Å². The summed E-state index contributed by atoms with van der Waals surface area (Å²) in [6.45, 7) is 2.31. The Hall–Kier alpha value is -1.59. The lowest BCUT2D eigenvalue weighted by Gasteiger charge is -2.27. The van der Waals surface area contributed by atoms with E-state index in [1.165, 1.54) is 0 Å². The summed E-state index contributed by atoms with van der Waals surface area (Å²) in [4.78, 5) is 13.5. The Morgan fingerprint density at radius 2 is 2.00 bits per heavy atom. The van der Waals surface area contributed by atoms with Crippen molar-refractivity contribution in [1.29, 1.82) is 0 Å². The highest BCUT2D eigenvalue weighted by molar-refractivity contribution is 5.77. The molecule has 0 aliphatic rings. The van der Waals surface area contributed by atoms with Crippen molar-refractivity contribution in [2.24, 2.45) is 0 Å². The molecule has 0 heterocycles. The molecule has 0 aliphatic heterocycles. The number of hydrogen-bond donors (Lipinski definition) is 2. The van der Waals surface area contributed by atoms with Crippen LogP contribution in [0.25, 0.3) is 0 Å². The van der Waals surface area contributed by atoms with Gasteiger partial charge in [-0.15, -0.1) is 0 Å². The number of benzene rings is 1. The highest BCUT2D eigenvalue weighted by Gasteiger charge is 2.22. The van der Waals surface area contributed by atoms with Crippen molar-refractivity contribution < 1.29 is 14.6 Å². The van der Waals surface area contributed by atoms with Gasteiger partial charge in [-0.05, 0) is 33.2 Å². The van der Waals surface area contributed by atoms with Crippen molar-refractivity contribution >= 4 is 5.91 Å². The van der Waals surface area contributed by atoms with Gasteiger partial charge in [0.25, 0.3) is 5.91 Å². The van der Waals surface area contributed by atoms with Gasteiger partial charge in [-0.1, -0.05) is 18.2 Å². The molecule has 106 valence electrons. The van der Waals surface area contributed by atoms with Crippen LogP contribution in [0, 0.1) is 0 Å². The average molecular weight is 266 g/mol. The number of likely N-dealkylation sites (N-methyl/N-ethyl adjacent to an activating group) is 1. The molecule has 1 rings (SSSR count). The van der Waals surface area contributed by atoms with E-state index < -0.39 is 5.60 Å². The Morgan fingerprint density at radius 3 is 2.58 bits per heavy atom. The number of amides is 1. The normalized spacial score (nSPS) is 13.9. The standard InChI is InChI=1S/C14H22N2O3/c1-14(18,11-16(2)3)10-15-13(17)9-19-12-7-5-4-6-8-12/h4-8,18H,9-11H2,1-3H3,(H,15,17). The zero-order valence-corrected chi connectivity index (χ0v) is 11.7. The molecular weight excluding hydrogens is 244 g/mol. The smallest absolute Gasteiger partial charge is 0.258 e. The van der Waals surface area contributed by atoms with Crippen molar-refractivity contribution in [2.45, 2.75) is 12.5 Å². The highest BCUT2D eigenvalue weighted by Crippen LogP contribution is 2.07. The largest absolute Gasteiger partial charge is 0.484 e. The third-order valence-corrected chi connectivity index (χ3v) is 2.44. The summed E-state index contributed by atoms with van der Waals surface area (Å²) in [6, 6.07) is 9.14. The number of ether oxygens (including phenoxy) is 1. The number of carbonyl (C=O) groups is 1. The second-order valence-corrected chi connectivity index (χ2v) is 5.11. The molecule has 1 aromatic carbocycles. The second-order valence-electron chi connectivity index (χ2n) is 5.11. The van der Waals surface area contributed by atoms with E-state index in [9.17, 15) is 9.90 Å². The molecule has 1 aromatic rings. The zero-order chi connectivity index (χ0) is 14.3. The molecule has 2 N–H and O–H groups in total. The third kappa shape index (κ3) is 6.79. The van der Waals surface area contributed by atoms with Crippen LogP contribution in [0.4, 0.5) is 0 Å². The molecule has 1 unspecified atom stereocenters. The van der Waals surface area contributed by atoms with Gasteiger partial charge in [0.1, 0.15) is 5.75 Å². The summed E-state index contributed by atoms with van der Waals surface area (Å²) in [5, 5.41) is 12.7. The van der Waals surface area contributed by atoms with Crippen LogP contribution in [0.1, 0.15) is 6.92 Å². The van der Waals surface area contributed by atoms with Crippen molar-refractivity contribution in [3.05, 3.63) is 30.3 Å². The van der Waals surface area contributed by atoms with Gasteiger partial charge in [0.15, 0.2) is 6.61 Å². The molecule has 0 spiro atoms. The minimum absolute atomic E-state index is 0.0535. The maximum Gasteiger partial charge on any atom is 0.258 e. The lowest BCUT2D eigenvalue weighted by atomic mass is 10.1. The number of aliphatic hydroxyl groups is 1. The van der Waals surface area contributed by atoms with Crippen LogP contribution >= 0.6 is 0 Å². The topological polar surface area (TPSA) is 61.8 Å². The van der Waals surface area contributed by atoms with E-state index in [1.807, 2.05) is 37.2 Å². The van der Waals surface area contributed by atoms with Crippen LogP contribution in [0.5, 0.6) is 5.75 Å². The van der Waals surface area contributed by atoms with Gasteiger partial charge in [-0.3, -0.25) is 4.79 Å². The minimum Gasteiger partial charge on any atom is -0.484 e. The van der Waals surface area contributed by atoms with Crippen LogP contribution in [0.15, 0.2) is 30.3 Å². The van der Waals surface area contributed by atoms with Crippen LogP contribution in [-0.2, 0) is 4.79 Å². The summed E-state index contributed by atoms with van der Waals surface area (Å²) >= 11 is 0. The number of carbonyl (C=O) groups excluding carboxylic acids is 1. The summed E-state index contributed by atoms with van der Waals surface area (Å²) < 4.78 is 5.31. The number of rotatable bonds is 7. The van der Waals surface area contributed by atoms with Gasteiger partial charge < -0.3 is 20.1 Å². The van der Waals surface area contributed by atoms with E-state index in [4.69, 9.17) is 4.74 Å². The van der Waals surface area contributed by atoms with Gasteiger partial charge in [0.2, 0.25) is 0 Å². The Labute approximate surface area is 114 Å². The van der Waals surface area contributed by atoms with Crippen LogP contribution < -0.4 is 10.1 Å². The number of hydrogen-bond acceptors (Lipinski definition) is 4. The van der Waals surface area contributed by atoms with Crippen molar-refractivity contribution in [2.75, 3.05) is 33.8 Å². The maximum atomic E-state index is 11.6. The fraction of sp³-hybridized carbons (Fsp3) is 0.500. The summed E-state index contributed by atoms with van der Waals surface area (Å²) in [5.74, 6) is 0.403. The average Bonchev–Trinajstić information content (AvgIpc) is 2.34. The highest BCUT2D eigenvalue weighted by atomic mass is 16.5. The molecule has 0 aliphatic carbocycles. The molecular formula is C14H22N2O3. The SMILES string of the molecule is CN(C)CC(C)(O)CNC(=O)COc1ccccc1. The lowest BCUT2D eigenvalue weighted by molar-refractivity contribution is -0.124. The fourth-order valence-electron chi connectivity index (χ4n) is 1.74. The Balaban J connectivity index is 2.28. The third-order valence-electron chi connectivity index (χ3n) is 2.44. The molecule has 0 saturated heterocycles. The first-order valence-electron chi connectivity index (χ1n) is 6.21. The first-order valence-corrected chi connectivity index (χ1v) is 6.21. The molecule has 1 amide bonds. The van der Waals surface area contributed by atoms with Gasteiger partial charge in [0.05, 0.1) is 5.60 Å². The van der Waals surface area contributed by atoms with Gasteiger partial charge in [0, 0.05) is 13.1 Å². The van der Waals surface area contributed by atoms with E-state index in [0.717, 1.165) is 0 Å². The monoisotopic (exact) mass is 266 g/mol. The molecule has 0 bridgehead atoms. The van der Waals surface area contributed by atoms with E-state index in [-0.39, 0.29) is 19.1 Å². The van der Waals surface area contributed by atoms with E-state index in [0.29, 0.717) is 12.3 Å². The predicted molar refractivity (Wildman–Crippen MR) is 74.1 cm³/mol. The molecule has 0 saturated carbocycles. The summed E-state index contributed by atoms with van der Waals surface area (Å²) in [5.41, 5.74) is -0.952. The summed E-state index contributed by atoms with van der Waals surface area (Å²) in [6.07, 6.45) is 0. The van der Waals surface area contributed by atoms with Crippen molar-refractivity contribution in [3.8, 4) is 5.75 Å². The molecule has 0 fully saturated rings. The Bertz CT molecular complexity index is 391. The first-order chi connectivity index (χ1) is 8.89. The number of nitrogens with zero attached hydrogens (tertiary/aromatic N) is 1. The van der Waals surface area contributed by atoms with Gasteiger partial charge >= 0.3 is 0 Å². The molecule has 5 heteroatoms. The lowest BCUT2D eigenvalue weighted by Crippen LogP contribution is -2.47. The van der Waals surface area contributed by atoms with Gasteiger partial charge in [-0.2, -0.15) is 0 Å². The Kier molecular flexibility index (Phi) is 5.79. The number of nitrogens with one attached hydrogen (secondary N) is 1. The fourth-order valence-corrected chi connectivity index (χ4v) is 1.74. The number of para-hydroxylation sites is 1. The maximum absolute atomic E-state index is 11.6. The van der Waals surface area contributed by atoms with E-state index >= 15 is 0 Å². The van der Waals surface area contributed by atoms with Crippen LogP contribution in [-0.4, -0.2) is 55.3 Å².